The smallest absolute Gasteiger partial charge is 0.416 e. The Hall–Kier alpha value is -4.00. The zero-order chi connectivity index (χ0) is 34.6. The molecule has 0 radical (unpaired) electrons. The summed E-state index contributed by atoms with van der Waals surface area (Å²) >= 11 is 0. The fraction of sp³-hybridized carbons (Fsp3) is 0.429. The normalized spacial score (nSPS) is 25.7. The Morgan fingerprint density at radius 3 is 2.31 bits per heavy atom. The van der Waals surface area contributed by atoms with Gasteiger partial charge in [0.25, 0.3) is 0 Å². The maximum Gasteiger partial charge on any atom is 0.416 e. The number of hydrogen-bond acceptors (Lipinski definition) is 5. The lowest BCUT2D eigenvalue weighted by Crippen LogP contribution is -2.55. The number of carbonyl (C=O) groups is 2. The molecule has 48 heavy (non-hydrogen) atoms. The molecular formula is C35H34F5NO6S. The third-order valence-electron chi connectivity index (χ3n) is 10.5. The molecule has 7 nitrogen and oxygen atoms in total. The summed E-state index contributed by atoms with van der Waals surface area (Å²) in [4.78, 5) is 27.3. The number of rotatable bonds is 7. The van der Waals surface area contributed by atoms with Gasteiger partial charge in [0.05, 0.1) is 22.4 Å². The molecule has 2 aliphatic carbocycles. The van der Waals surface area contributed by atoms with Crippen molar-refractivity contribution in [3.05, 3.63) is 94.6 Å². The van der Waals surface area contributed by atoms with E-state index in [4.69, 9.17) is 4.74 Å². The average Bonchev–Trinajstić information content (AvgIpc) is 3.45. The van der Waals surface area contributed by atoms with Crippen LogP contribution in [0.4, 0.5) is 22.0 Å². The maximum atomic E-state index is 14.7. The molecule has 1 heterocycles. The zero-order valence-corrected chi connectivity index (χ0v) is 26.8. The lowest BCUT2D eigenvalue weighted by Gasteiger charge is -2.45. The molecule has 13 heteroatoms. The van der Waals surface area contributed by atoms with Crippen molar-refractivity contribution in [1.82, 2.24) is 4.90 Å². The van der Waals surface area contributed by atoms with Crippen molar-refractivity contribution in [3.63, 3.8) is 0 Å². The van der Waals surface area contributed by atoms with Crippen LogP contribution in [0.25, 0.3) is 0 Å². The number of carboxylic acid groups (broad SMARTS) is 1. The van der Waals surface area contributed by atoms with Crippen LogP contribution in [-0.4, -0.2) is 42.9 Å². The van der Waals surface area contributed by atoms with Crippen LogP contribution in [0.1, 0.15) is 67.7 Å². The van der Waals surface area contributed by atoms with E-state index in [9.17, 15) is 45.1 Å². The summed E-state index contributed by atoms with van der Waals surface area (Å²) in [5.41, 5.74) is -1.72. The van der Waals surface area contributed by atoms with Gasteiger partial charge in [0.15, 0.2) is 9.84 Å². The third-order valence-corrected chi connectivity index (χ3v) is 13.0. The SMILES string of the molecule is C[C@]1(C(=O)N2CC[C@@]3(S(=O)(=O)c4ccc(F)cc4)c4ccc(OCc5c(F)cccc5C(F)(F)F)cc4CC[C@@H]23)CC[C@H](C(=O)O)CC1. The largest absolute Gasteiger partial charge is 0.489 e. The second kappa shape index (κ2) is 12.2. The molecule has 256 valence electrons. The number of ether oxygens (including phenoxy) is 1. The van der Waals surface area contributed by atoms with Crippen molar-refractivity contribution in [2.24, 2.45) is 11.3 Å². The summed E-state index contributed by atoms with van der Waals surface area (Å²) in [7, 11) is -4.28. The fourth-order valence-corrected chi connectivity index (χ4v) is 10.2. The Kier molecular flexibility index (Phi) is 8.58. The Balaban J connectivity index is 1.36. The van der Waals surface area contributed by atoms with Crippen molar-refractivity contribution >= 4 is 21.7 Å². The van der Waals surface area contributed by atoms with E-state index < -0.39 is 73.5 Å². The predicted molar refractivity (Wildman–Crippen MR) is 164 cm³/mol. The maximum absolute atomic E-state index is 14.7. The van der Waals surface area contributed by atoms with Gasteiger partial charge in [-0.15, -0.1) is 0 Å². The van der Waals surface area contributed by atoms with Crippen LogP contribution in [0.2, 0.25) is 0 Å². The summed E-state index contributed by atoms with van der Waals surface area (Å²) < 4.78 is 102. The number of halogens is 5. The molecule has 3 aromatic carbocycles. The Bertz CT molecular complexity index is 1850. The van der Waals surface area contributed by atoms with Gasteiger partial charge in [-0.25, -0.2) is 17.2 Å². The quantitative estimate of drug-likeness (QED) is 0.210. The molecule has 0 bridgehead atoms. The number of carbonyl (C=O) groups excluding carboxylic acids is 1. The number of alkyl halides is 3. The summed E-state index contributed by atoms with van der Waals surface area (Å²) in [6, 6.07) is 10.8. The fourth-order valence-electron chi connectivity index (χ4n) is 7.85. The van der Waals surface area contributed by atoms with E-state index in [1.165, 1.54) is 24.3 Å². The lowest BCUT2D eigenvalue weighted by atomic mass is 9.70. The molecular weight excluding hydrogens is 657 g/mol. The molecule has 0 spiro atoms. The van der Waals surface area contributed by atoms with Crippen molar-refractivity contribution in [1.29, 1.82) is 0 Å². The molecule has 3 aliphatic rings. The number of hydrogen-bond donors (Lipinski definition) is 1. The summed E-state index contributed by atoms with van der Waals surface area (Å²) in [5.74, 6) is -3.26. The first-order valence-electron chi connectivity index (χ1n) is 15.7. The number of fused-ring (bicyclic) bond motifs is 3. The van der Waals surface area contributed by atoms with E-state index in [2.05, 4.69) is 0 Å². The Morgan fingerprint density at radius 1 is 0.979 bits per heavy atom. The number of likely N-dealkylation sites (tertiary alicyclic amines) is 1. The first-order valence-corrected chi connectivity index (χ1v) is 17.2. The molecule has 1 aliphatic heterocycles. The second-order valence-electron chi connectivity index (χ2n) is 13.2. The minimum Gasteiger partial charge on any atom is -0.489 e. The first-order chi connectivity index (χ1) is 22.6. The van der Waals surface area contributed by atoms with E-state index >= 15 is 0 Å². The van der Waals surface area contributed by atoms with Gasteiger partial charge in [0, 0.05) is 17.5 Å². The summed E-state index contributed by atoms with van der Waals surface area (Å²) in [5, 5.41) is 9.47. The number of aryl methyl sites for hydroxylation is 1. The molecule has 1 saturated carbocycles. The zero-order valence-electron chi connectivity index (χ0n) is 26.0. The van der Waals surface area contributed by atoms with Gasteiger partial charge in [-0.1, -0.05) is 19.1 Å². The molecule has 0 unspecified atom stereocenters. The standard InChI is InChI=1S/C35H34F5NO6S/c1-33(15-13-21(14-16-33)31(42)43)32(44)41-18-17-34(48(45,46)25-9-6-23(36)7-10-25)27-11-8-24(19-22(27)5-12-30(34)41)47-20-26-28(35(38,39)40)3-2-4-29(26)37/h2-4,6-11,19,21,30H,5,12-18,20H2,1H3,(H,42,43)/t21-,30-,33-,34-/m1/s1. The molecule has 1 N–H and O–H groups in total. The number of carboxylic acids is 1. The van der Waals surface area contributed by atoms with Gasteiger partial charge in [-0.3, -0.25) is 9.59 Å². The highest BCUT2D eigenvalue weighted by atomic mass is 32.2. The van der Waals surface area contributed by atoms with Crippen LogP contribution >= 0.6 is 0 Å². The number of aliphatic carboxylic acids is 1. The van der Waals surface area contributed by atoms with Gasteiger partial charge < -0.3 is 14.7 Å². The highest BCUT2D eigenvalue weighted by molar-refractivity contribution is 7.92. The van der Waals surface area contributed by atoms with E-state index in [-0.39, 0.29) is 35.9 Å². The molecule has 3 aromatic rings. The minimum atomic E-state index is -4.80. The average molecular weight is 692 g/mol. The third kappa shape index (κ3) is 5.63. The molecule has 2 fully saturated rings. The Morgan fingerprint density at radius 2 is 1.67 bits per heavy atom. The van der Waals surface area contributed by atoms with Crippen molar-refractivity contribution in [2.75, 3.05) is 6.54 Å². The van der Waals surface area contributed by atoms with Crippen LogP contribution in [0.3, 0.4) is 0 Å². The minimum absolute atomic E-state index is 0.0360. The van der Waals surface area contributed by atoms with E-state index in [0.717, 1.165) is 30.3 Å². The number of nitrogens with zero attached hydrogens (tertiary/aromatic N) is 1. The Labute approximate surface area is 274 Å². The predicted octanol–water partition coefficient (Wildman–Crippen LogP) is 7.06. The van der Waals surface area contributed by atoms with Gasteiger partial charge in [0.2, 0.25) is 5.91 Å². The topological polar surface area (TPSA) is 101 Å². The van der Waals surface area contributed by atoms with Gasteiger partial charge in [-0.2, -0.15) is 13.2 Å². The lowest BCUT2D eigenvalue weighted by molar-refractivity contribution is -0.150. The first kappa shape index (κ1) is 33.9. The summed E-state index contributed by atoms with van der Waals surface area (Å²) in [6.45, 7) is 1.20. The van der Waals surface area contributed by atoms with Crippen LogP contribution in [0.15, 0.2) is 65.6 Å². The number of sulfone groups is 1. The second-order valence-corrected chi connectivity index (χ2v) is 15.4. The van der Waals surface area contributed by atoms with Gasteiger partial charge in [0.1, 0.15) is 28.7 Å². The van der Waals surface area contributed by atoms with Crippen molar-refractivity contribution in [2.45, 2.75) is 80.3 Å². The van der Waals surface area contributed by atoms with E-state index in [1.54, 1.807) is 17.9 Å². The van der Waals surface area contributed by atoms with Crippen LogP contribution in [-0.2, 0) is 43.4 Å². The summed E-state index contributed by atoms with van der Waals surface area (Å²) in [6.07, 6.45) is -2.86. The molecule has 2 atom stereocenters. The highest BCUT2D eigenvalue weighted by Gasteiger charge is 2.62. The van der Waals surface area contributed by atoms with Crippen molar-refractivity contribution < 1.29 is 49.8 Å². The highest BCUT2D eigenvalue weighted by Crippen LogP contribution is 2.54. The molecule has 0 aromatic heterocycles. The van der Waals surface area contributed by atoms with E-state index in [1.807, 2.05) is 0 Å². The van der Waals surface area contributed by atoms with Crippen LogP contribution in [0, 0.1) is 23.0 Å². The van der Waals surface area contributed by atoms with E-state index in [0.29, 0.717) is 43.2 Å². The monoisotopic (exact) mass is 691 g/mol. The molecule has 1 amide bonds. The van der Waals surface area contributed by atoms with Crippen molar-refractivity contribution in [3.8, 4) is 5.75 Å². The molecule has 6 rings (SSSR count). The van der Waals surface area contributed by atoms with Gasteiger partial charge >= 0.3 is 12.1 Å². The van der Waals surface area contributed by atoms with Crippen LogP contribution in [0.5, 0.6) is 5.75 Å². The van der Waals surface area contributed by atoms with Gasteiger partial charge in [-0.05, 0) is 105 Å². The number of amides is 1. The van der Waals surface area contributed by atoms with Crippen LogP contribution < -0.4 is 4.74 Å². The molecule has 1 saturated heterocycles. The number of benzene rings is 3.